The van der Waals surface area contributed by atoms with Gasteiger partial charge in [0.25, 0.3) is 0 Å². The molecular formula is C13H14N2O3Se. The van der Waals surface area contributed by atoms with Gasteiger partial charge in [-0.05, 0) is 0 Å². The number of hydrogen-bond donors (Lipinski definition) is 1. The van der Waals surface area contributed by atoms with Crippen molar-refractivity contribution in [3.63, 3.8) is 0 Å². The van der Waals surface area contributed by atoms with E-state index in [1.54, 1.807) is 7.11 Å². The zero-order valence-electron chi connectivity index (χ0n) is 10.5. The molecule has 1 aromatic rings. The van der Waals surface area contributed by atoms with Crippen LogP contribution >= 0.6 is 0 Å². The van der Waals surface area contributed by atoms with Crippen LogP contribution < -0.4 is 14.5 Å². The molecule has 0 bridgehead atoms. The van der Waals surface area contributed by atoms with Crippen molar-refractivity contribution in [3.8, 4) is 5.75 Å². The number of carbonyl (C=O) groups is 2. The number of piperidine rings is 1. The molecule has 6 heteroatoms. The Bertz CT molecular complexity index is 547. The molecule has 3 rings (SSSR count). The number of carbonyl (C=O) groups excluding carboxylic acids is 2. The van der Waals surface area contributed by atoms with Crippen LogP contribution in [0.3, 0.4) is 0 Å². The molecule has 1 saturated heterocycles. The molecule has 0 spiro atoms. The Balaban J connectivity index is 1.80. The Labute approximate surface area is 117 Å². The first-order chi connectivity index (χ1) is 9.19. The number of rotatable bonds is 2. The maximum absolute atomic E-state index is 11.9. The molecule has 2 amide bonds. The van der Waals surface area contributed by atoms with Crippen LogP contribution in [0.5, 0.6) is 5.75 Å². The summed E-state index contributed by atoms with van der Waals surface area (Å²) >= 11 is 0.0737. The van der Waals surface area contributed by atoms with Gasteiger partial charge in [0.2, 0.25) is 0 Å². The molecule has 1 aromatic carbocycles. The van der Waals surface area contributed by atoms with Crippen molar-refractivity contribution in [1.82, 2.24) is 9.23 Å². The molecule has 19 heavy (non-hydrogen) atoms. The van der Waals surface area contributed by atoms with Crippen molar-refractivity contribution in [1.29, 1.82) is 0 Å². The molecule has 2 aliphatic rings. The summed E-state index contributed by atoms with van der Waals surface area (Å²) in [4.78, 5) is 23.1. The number of imide groups is 1. The Morgan fingerprint density at radius 1 is 1.42 bits per heavy atom. The van der Waals surface area contributed by atoms with E-state index in [4.69, 9.17) is 4.74 Å². The van der Waals surface area contributed by atoms with Crippen LogP contribution in [0, 0.1) is 0 Å². The first-order valence-corrected chi connectivity index (χ1v) is 7.75. The van der Waals surface area contributed by atoms with Gasteiger partial charge in [-0.3, -0.25) is 0 Å². The van der Waals surface area contributed by atoms with Crippen LogP contribution in [-0.2, 0) is 16.1 Å². The molecule has 5 nitrogen and oxygen atoms in total. The van der Waals surface area contributed by atoms with E-state index in [0.29, 0.717) is 12.8 Å². The second-order valence-corrected chi connectivity index (χ2v) is 6.81. The van der Waals surface area contributed by atoms with Gasteiger partial charge in [-0.1, -0.05) is 0 Å². The van der Waals surface area contributed by atoms with E-state index in [1.807, 2.05) is 12.1 Å². The second-order valence-electron chi connectivity index (χ2n) is 4.58. The number of hydrogen-bond acceptors (Lipinski definition) is 4. The topological polar surface area (TPSA) is 58.6 Å². The molecule has 0 saturated carbocycles. The first kappa shape index (κ1) is 12.7. The van der Waals surface area contributed by atoms with Gasteiger partial charge in [0.1, 0.15) is 0 Å². The van der Waals surface area contributed by atoms with Crippen molar-refractivity contribution in [2.24, 2.45) is 0 Å². The zero-order valence-corrected chi connectivity index (χ0v) is 12.2. The molecule has 0 aromatic heterocycles. The van der Waals surface area contributed by atoms with E-state index in [9.17, 15) is 9.59 Å². The molecule has 0 aliphatic carbocycles. The number of ether oxygens (including phenoxy) is 1. The fraction of sp³-hybridized carbons (Fsp3) is 0.385. The van der Waals surface area contributed by atoms with E-state index >= 15 is 0 Å². The average molecular weight is 325 g/mol. The van der Waals surface area contributed by atoms with Gasteiger partial charge < -0.3 is 0 Å². The van der Waals surface area contributed by atoms with Gasteiger partial charge in [-0.25, -0.2) is 0 Å². The molecule has 2 aliphatic heterocycles. The number of fused-ring (bicyclic) bond motifs is 1. The van der Waals surface area contributed by atoms with Crippen molar-refractivity contribution in [3.05, 3.63) is 23.8 Å². The molecule has 1 fully saturated rings. The monoisotopic (exact) mass is 326 g/mol. The van der Waals surface area contributed by atoms with Crippen LogP contribution in [0.4, 0.5) is 0 Å². The van der Waals surface area contributed by atoms with E-state index in [0.717, 1.165) is 12.3 Å². The predicted octanol–water partition coefficient (Wildman–Crippen LogP) is -0.440. The van der Waals surface area contributed by atoms with Crippen LogP contribution in [0.25, 0.3) is 0 Å². The zero-order chi connectivity index (χ0) is 13.4. The van der Waals surface area contributed by atoms with Crippen LogP contribution in [0.1, 0.15) is 18.4 Å². The van der Waals surface area contributed by atoms with Crippen molar-refractivity contribution in [2.75, 3.05) is 7.11 Å². The summed E-state index contributed by atoms with van der Waals surface area (Å²) < 4.78 is 8.75. The average Bonchev–Trinajstić information content (AvgIpc) is 2.81. The van der Waals surface area contributed by atoms with E-state index < -0.39 is 0 Å². The van der Waals surface area contributed by atoms with Crippen molar-refractivity contribution in [2.45, 2.75) is 25.4 Å². The van der Waals surface area contributed by atoms with Crippen LogP contribution in [0.15, 0.2) is 18.2 Å². The Morgan fingerprint density at radius 3 is 3.00 bits per heavy atom. The number of methoxy groups -OCH3 is 1. The van der Waals surface area contributed by atoms with Crippen LogP contribution in [0.2, 0.25) is 0 Å². The first-order valence-electron chi connectivity index (χ1n) is 6.13. The third kappa shape index (κ3) is 2.27. The summed E-state index contributed by atoms with van der Waals surface area (Å²) in [5.41, 5.74) is 1.23. The fourth-order valence-corrected chi connectivity index (χ4v) is 5.04. The van der Waals surface area contributed by atoms with Crippen molar-refractivity contribution < 1.29 is 14.3 Å². The summed E-state index contributed by atoms with van der Waals surface area (Å²) in [6.45, 7) is 0.763. The predicted molar refractivity (Wildman–Crippen MR) is 70.1 cm³/mol. The Morgan fingerprint density at radius 2 is 2.26 bits per heavy atom. The molecule has 1 N–H and O–H groups in total. The standard InChI is InChI=1S/C13H14N2O3Se/c1-18-10-4-2-3-8-7-15(19-12(8)10)9-5-6-11(16)14-13(9)17/h2-4,9H,5-7H2,1H3,(H,14,16,17). The summed E-state index contributed by atoms with van der Waals surface area (Å²) in [6, 6.07) is 5.82. The summed E-state index contributed by atoms with van der Waals surface area (Å²) in [5.74, 6) is 0.570. The van der Waals surface area contributed by atoms with Gasteiger partial charge >= 0.3 is 117 Å². The molecule has 0 radical (unpaired) electrons. The molecular weight excluding hydrogens is 311 g/mol. The van der Waals surface area contributed by atoms with Gasteiger partial charge in [0.05, 0.1) is 0 Å². The van der Waals surface area contributed by atoms with E-state index in [1.165, 1.54) is 10.0 Å². The third-order valence-corrected chi connectivity index (χ3v) is 6.02. The van der Waals surface area contributed by atoms with E-state index in [-0.39, 0.29) is 33.0 Å². The molecule has 2 heterocycles. The molecule has 1 atom stereocenters. The van der Waals surface area contributed by atoms with Crippen LogP contribution in [-0.4, -0.2) is 44.1 Å². The summed E-state index contributed by atoms with van der Waals surface area (Å²) in [6.07, 6.45) is 1.04. The van der Waals surface area contributed by atoms with Gasteiger partial charge in [0.15, 0.2) is 0 Å². The summed E-state index contributed by atoms with van der Waals surface area (Å²) in [5, 5.41) is 2.42. The number of amides is 2. The number of benzene rings is 1. The fourth-order valence-electron chi connectivity index (χ4n) is 2.40. The summed E-state index contributed by atoms with van der Waals surface area (Å²) in [7, 11) is 1.67. The minimum atomic E-state index is -0.185. The molecule has 100 valence electrons. The quantitative estimate of drug-likeness (QED) is 0.592. The Kier molecular flexibility index (Phi) is 3.31. The molecule has 1 unspecified atom stereocenters. The number of nitrogens with one attached hydrogen (secondary N) is 1. The second kappa shape index (κ2) is 4.96. The number of nitrogens with zero attached hydrogens (tertiary/aromatic N) is 1. The third-order valence-electron chi connectivity index (χ3n) is 3.37. The van der Waals surface area contributed by atoms with Gasteiger partial charge in [-0.2, -0.15) is 0 Å². The Hall–Kier alpha value is -1.36. The normalized spacial score (nSPS) is 23.1. The van der Waals surface area contributed by atoms with Crippen molar-refractivity contribution >= 4 is 31.5 Å². The van der Waals surface area contributed by atoms with Gasteiger partial charge in [-0.15, -0.1) is 0 Å². The minimum absolute atomic E-state index is 0.0737. The van der Waals surface area contributed by atoms with Gasteiger partial charge in [0, 0.05) is 0 Å². The maximum atomic E-state index is 11.9. The van der Waals surface area contributed by atoms with E-state index in [2.05, 4.69) is 15.3 Å². The SMILES string of the molecule is COc1cccc2c1[Se]N(C1CCC(=O)NC1=O)C2.